The Labute approximate surface area is 224 Å². The van der Waals surface area contributed by atoms with Gasteiger partial charge in [0.25, 0.3) is 0 Å². The molecule has 2 aromatic carbocycles. The molecule has 1 aliphatic rings. The Hall–Kier alpha value is -3.07. The van der Waals surface area contributed by atoms with Gasteiger partial charge in [0.1, 0.15) is 17.1 Å². The van der Waals surface area contributed by atoms with E-state index in [9.17, 15) is 4.79 Å². The monoisotopic (exact) mass is 500 g/mol. The Kier molecular flexibility index (Phi) is 10.4. The smallest absolute Gasteiger partial charge is 0.343 e. The summed E-state index contributed by atoms with van der Waals surface area (Å²) in [6, 6.07) is 13.0. The Morgan fingerprint density at radius 1 is 0.946 bits per heavy atom. The summed E-state index contributed by atoms with van der Waals surface area (Å²) in [4.78, 5) is 12.5. The summed E-state index contributed by atoms with van der Waals surface area (Å²) in [5.41, 5.74) is 6.84. The lowest BCUT2D eigenvalue weighted by Gasteiger charge is -2.37. The van der Waals surface area contributed by atoms with E-state index in [2.05, 4.69) is 52.8 Å². The first kappa shape index (κ1) is 28.5. The summed E-state index contributed by atoms with van der Waals surface area (Å²) < 4.78 is 12.2. The maximum Gasteiger partial charge on any atom is 0.343 e. The molecule has 0 N–H and O–H groups in total. The van der Waals surface area contributed by atoms with Crippen LogP contribution in [0.25, 0.3) is 0 Å². The Balaban J connectivity index is 1.51. The second kappa shape index (κ2) is 13.5. The fraction of sp³-hybridized carbons (Fsp3) is 0.441. The van der Waals surface area contributed by atoms with Crippen LogP contribution < -0.4 is 9.47 Å². The number of allylic oxidation sites excluding steroid dienone is 6. The van der Waals surface area contributed by atoms with Gasteiger partial charge in [-0.25, -0.2) is 4.79 Å². The number of hydrogen-bond donors (Lipinski definition) is 0. The molecular formula is C34H44O3. The molecular weight excluding hydrogens is 456 g/mol. The number of aryl methyl sites for hydroxylation is 2. The first-order chi connectivity index (χ1) is 17.6. The van der Waals surface area contributed by atoms with Crippen molar-refractivity contribution in [1.29, 1.82) is 0 Å². The molecule has 3 nitrogen and oxygen atoms in total. The van der Waals surface area contributed by atoms with E-state index in [1.807, 2.05) is 37.3 Å². The van der Waals surface area contributed by atoms with Crippen molar-refractivity contribution < 1.29 is 14.3 Å². The number of carbonyl (C=O) groups excluding carboxylic acids is 1. The van der Waals surface area contributed by atoms with Gasteiger partial charge in [-0.15, -0.1) is 0 Å². The average Bonchev–Trinajstić information content (AvgIpc) is 2.85. The average molecular weight is 501 g/mol. The van der Waals surface area contributed by atoms with E-state index in [1.165, 1.54) is 16.7 Å². The van der Waals surface area contributed by atoms with Gasteiger partial charge in [0.2, 0.25) is 0 Å². The number of ether oxygens (including phenoxy) is 2. The highest BCUT2D eigenvalue weighted by Gasteiger charge is 2.32. The minimum Gasteiger partial charge on any atom is -0.487 e. The summed E-state index contributed by atoms with van der Waals surface area (Å²) >= 11 is 0. The van der Waals surface area contributed by atoms with Crippen LogP contribution in [-0.2, 0) is 6.42 Å². The minimum absolute atomic E-state index is 0.182. The fourth-order valence-electron chi connectivity index (χ4n) is 4.78. The van der Waals surface area contributed by atoms with E-state index in [0.717, 1.165) is 68.2 Å². The molecule has 0 spiro atoms. The topological polar surface area (TPSA) is 35.5 Å². The van der Waals surface area contributed by atoms with Crippen molar-refractivity contribution in [3.05, 3.63) is 94.1 Å². The Morgan fingerprint density at radius 2 is 1.59 bits per heavy atom. The number of carbonyl (C=O) groups is 1. The van der Waals surface area contributed by atoms with Crippen LogP contribution in [0.2, 0.25) is 0 Å². The summed E-state index contributed by atoms with van der Waals surface area (Å²) in [5, 5.41) is 0. The summed E-state index contributed by atoms with van der Waals surface area (Å²) in [6.07, 6.45) is 15.5. The van der Waals surface area contributed by atoms with Crippen molar-refractivity contribution in [3.8, 4) is 11.5 Å². The van der Waals surface area contributed by atoms with Crippen molar-refractivity contribution in [2.75, 3.05) is 0 Å². The number of hydrogen-bond acceptors (Lipinski definition) is 3. The van der Waals surface area contributed by atoms with Crippen molar-refractivity contribution in [2.45, 2.75) is 98.5 Å². The summed E-state index contributed by atoms with van der Waals surface area (Å²) in [7, 11) is 0. The third-order valence-corrected chi connectivity index (χ3v) is 7.11. The molecule has 0 saturated carbocycles. The molecule has 0 aliphatic carbocycles. The van der Waals surface area contributed by atoms with Gasteiger partial charge in [0, 0.05) is 0 Å². The van der Waals surface area contributed by atoms with Crippen molar-refractivity contribution >= 4 is 5.97 Å². The molecule has 37 heavy (non-hydrogen) atoms. The van der Waals surface area contributed by atoms with Gasteiger partial charge in [-0.3, -0.25) is 0 Å². The van der Waals surface area contributed by atoms with Gasteiger partial charge in [-0.2, -0.15) is 0 Å². The van der Waals surface area contributed by atoms with Gasteiger partial charge in [-0.05, 0) is 128 Å². The third-order valence-electron chi connectivity index (χ3n) is 7.11. The van der Waals surface area contributed by atoms with E-state index in [4.69, 9.17) is 9.47 Å². The molecule has 0 radical (unpaired) electrons. The van der Waals surface area contributed by atoms with E-state index in [0.29, 0.717) is 11.3 Å². The van der Waals surface area contributed by atoms with Crippen molar-refractivity contribution in [1.82, 2.24) is 0 Å². The van der Waals surface area contributed by atoms with Crippen LogP contribution in [0.3, 0.4) is 0 Å². The second-order valence-electron chi connectivity index (χ2n) is 11.0. The molecule has 0 unspecified atom stereocenters. The highest BCUT2D eigenvalue weighted by atomic mass is 16.5. The quantitative estimate of drug-likeness (QED) is 0.175. The zero-order chi connectivity index (χ0) is 26.8. The molecule has 1 atom stereocenters. The third kappa shape index (κ3) is 9.07. The SMILES string of the molecule is CC(C)=CCC/C(C)=C/CC/C(C)=C/CC[C@]1(C)CCc2cc(OC(=O)c3ccccc3)cc(C)c2O1. The number of benzene rings is 2. The molecule has 0 aromatic heterocycles. The number of rotatable bonds is 11. The molecule has 198 valence electrons. The first-order valence-corrected chi connectivity index (χ1v) is 13.7. The maximum absolute atomic E-state index is 12.5. The zero-order valence-electron chi connectivity index (χ0n) is 23.7. The van der Waals surface area contributed by atoms with Gasteiger partial charge in [0.05, 0.1) is 5.56 Å². The molecule has 0 saturated heterocycles. The predicted octanol–water partition coefficient (Wildman–Crippen LogP) is 9.50. The summed E-state index contributed by atoms with van der Waals surface area (Å²) in [6.45, 7) is 13.1. The molecule has 0 amide bonds. The highest BCUT2D eigenvalue weighted by Crippen LogP contribution is 2.40. The molecule has 0 fully saturated rings. The number of fused-ring (bicyclic) bond motifs is 1. The van der Waals surface area contributed by atoms with Crippen LogP contribution in [0.15, 0.2) is 77.4 Å². The molecule has 3 heteroatoms. The minimum atomic E-state index is -0.335. The predicted molar refractivity (Wildman–Crippen MR) is 155 cm³/mol. The largest absolute Gasteiger partial charge is 0.487 e. The summed E-state index contributed by atoms with van der Waals surface area (Å²) in [5.74, 6) is 1.19. The lowest BCUT2D eigenvalue weighted by atomic mass is 9.87. The van der Waals surface area contributed by atoms with Gasteiger partial charge < -0.3 is 9.47 Å². The van der Waals surface area contributed by atoms with Gasteiger partial charge >= 0.3 is 5.97 Å². The lowest BCUT2D eigenvalue weighted by Crippen LogP contribution is -2.36. The van der Waals surface area contributed by atoms with Crippen LogP contribution >= 0.6 is 0 Å². The van der Waals surface area contributed by atoms with Crippen LogP contribution in [-0.4, -0.2) is 11.6 Å². The normalized spacial score (nSPS) is 17.6. The van der Waals surface area contributed by atoms with Crippen LogP contribution in [0, 0.1) is 6.92 Å². The Bertz CT molecular complexity index is 1150. The molecule has 1 aliphatic heterocycles. The zero-order valence-corrected chi connectivity index (χ0v) is 23.7. The van der Waals surface area contributed by atoms with Crippen LogP contribution in [0.1, 0.15) is 101 Å². The molecule has 2 aromatic rings. The molecule has 1 heterocycles. The molecule has 3 rings (SSSR count). The van der Waals surface area contributed by atoms with Crippen molar-refractivity contribution in [3.63, 3.8) is 0 Å². The lowest BCUT2D eigenvalue weighted by molar-refractivity contribution is 0.0558. The van der Waals surface area contributed by atoms with E-state index in [-0.39, 0.29) is 11.6 Å². The van der Waals surface area contributed by atoms with E-state index < -0.39 is 0 Å². The molecule has 0 bridgehead atoms. The number of esters is 1. The van der Waals surface area contributed by atoms with E-state index in [1.54, 1.807) is 12.1 Å². The second-order valence-corrected chi connectivity index (χ2v) is 11.0. The van der Waals surface area contributed by atoms with E-state index >= 15 is 0 Å². The van der Waals surface area contributed by atoms with Gasteiger partial charge in [0.15, 0.2) is 0 Å². The highest BCUT2D eigenvalue weighted by molar-refractivity contribution is 5.91. The van der Waals surface area contributed by atoms with Crippen molar-refractivity contribution in [2.24, 2.45) is 0 Å². The Morgan fingerprint density at radius 3 is 2.27 bits per heavy atom. The first-order valence-electron chi connectivity index (χ1n) is 13.7. The van der Waals surface area contributed by atoms with Crippen LogP contribution in [0.5, 0.6) is 11.5 Å². The standard InChI is InChI=1S/C34H44O3/c1-25(2)13-10-14-26(3)15-11-16-27(4)17-12-21-34(6)22-20-30-24-31(23-28(5)32(30)37-34)36-33(35)29-18-8-7-9-19-29/h7-9,13,15,17-19,23-24H,10-12,14,16,20-22H2,1-6H3/b26-15+,27-17+/t34-/m1/s1. The van der Waals surface area contributed by atoms with Gasteiger partial charge in [-0.1, -0.05) is 53.1 Å². The van der Waals surface area contributed by atoms with Crippen LogP contribution in [0.4, 0.5) is 0 Å². The maximum atomic E-state index is 12.5. The fourth-order valence-corrected chi connectivity index (χ4v) is 4.78.